The van der Waals surface area contributed by atoms with Crippen LogP contribution in [0.5, 0.6) is 0 Å². The van der Waals surface area contributed by atoms with E-state index in [9.17, 15) is 9.90 Å². The topological polar surface area (TPSA) is 55.8 Å². The van der Waals surface area contributed by atoms with Gasteiger partial charge in [0.05, 0.1) is 18.1 Å². The molecule has 1 N–H and O–H groups in total. The summed E-state index contributed by atoms with van der Waals surface area (Å²) >= 11 is 0. The third kappa shape index (κ3) is 19.6. The second kappa shape index (κ2) is 26.2. The van der Waals surface area contributed by atoms with Crippen LogP contribution in [0.2, 0.25) is 0 Å². The van der Waals surface area contributed by atoms with Crippen LogP contribution < -0.4 is 0 Å². The number of ether oxygens (including phenoxy) is 2. The molecule has 4 heteroatoms. The molecule has 0 aromatic rings. The number of fused-ring (bicyclic) bond motifs is 2. The van der Waals surface area contributed by atoms with Crippen LogP contribution >= 0.6 is 0 Å². The smallest absolute Gasteiger partial charge is 0.309 e. The summed E-state index contributed by atoms with van der Waals surface area (Å²) in [6.45, 7) is 1.52. The average Bonchev–Trinajstić information content (AvgIpc) is 2.99. The van der Waals surface area contributed by atoms with Crippen molar-refractivity contribution in [2.75, 3.05) is 13.2 Å². The standard InChI is InChI=1S/C38H58O4/c39-38(40)36-31-30-35-32-34-41-33-28-26-24-22-20-18-16-14-12-10-8-6-4-2-1-3-5-7-9-11-13-15-17-19-21-23-25-27-29-37(36)42-35/h1-3,5,7,9,11,13,15,17,19,21,23,25,35-37H,4,6,8,10,12,14,16,18,20,22,24,26-34H2,(H,39,40). The predicted octanol–water partition coefficient (Wildman–Crippen LogP) is 10.4. The van der Waals surface area contributed by atoms with E-state index in [1.807, 2.05) is 54.7 Å². The number of carboxylic acid groups (broad SMARTS) is 1. The van der Waals surface area contributed by atoms with E-state index in [0.717, 1.165) is 38.7 Å². The maximum absolute atomic E-state index is 11.8. The lowest BCUT2D eigenvalue weighted by Crippen LogP contribution is -2.39. The Hall–Kier alpha value is -2.43. The molecule has 0 aromatic heterocycles. The molecule has 1 saturated heterocycles. The molecule has 3 unspecified atom stereocenters. The lowest BCUT2D eigenvalue weighted by atomic mass is 9.88. The fraction of sp³-hybridized carbons (Fsp3) is 0.605. The average molecular weight is 579 g/mol. The molecule has 3 atom stereocenters. The second-order valence-corrected chi connectivity index (χ2v) is 11.6. The molecule has 4 nitrogen and oxygen atoms in total. The first-order valence-corrected chi connectivity index (χ1v) is 16.9. The molecule has 0 amide bonds. The van der Waals surface area contributed by atoms with Crippen LogP contribution in [0, 0.1) is 5.92 Å². The van der Waals surface area contributed by atoms with Crippen LogP contribution in [-0.2, 0) is 14.3 Å². The maximum atomic E-state index is 11.8. The van der Waals surface area contributed by atoms with Crippen LogP contribution in [0.15, 0.2) is 85.1 Å². The molecule has 2 aliphatic heterocycles. The van der Waals surface area contributed by atoms with Crippen molar-refractivity contribution in [1.29, 1.82) is 0 Å². The fourth-order valence-electron chi connectivity index (χ4n) is 5.53. The Labute approximate surface area is 257 Å². The van der Waals surface area contributed by atoms with Crippen molar-refractivity contribution in [3.63, 3.8) is 0 Å². The Balaban J connectivity index is 1.77. The highest BCUT2D eigenvalue weighted by atomic mass is 16.5. The minimum Gasteiger partial charge on any atom is -0.481 e. The van der Waals surface area contributed by atoms with E-state index in [-0.39, 0.29) is 12.2 Å². The van der Waals surface area contributed by atoms with Crippen LogP contribution in [0.3, 0.4) is 0 Å². The first-order valence-electron chi connectivity index (χ1n) is 16.9. The molecule has 0 spiro atoms. The summed E-state index contributed by atoms with van der Waals surface area (Å²) in [5.74, 6) is -1.15. The van der Waals surface area contributed by atoms with Gasteiger partial charge in [-0.3, -0.25) is 4.79 Å². The van der Waals surface area contributed by atoms with Crippen LogP contribution in [0.1, 0.15) is 116 Å². The molecule has 2 heterocycles. The number of rotatable bonds is 1. The number of carboxylic acids is 1. The molecule has 0 aromatic carbocycles. The van der Waals surface area contributed by atoms with Crippen molar-refractivity contribution < 1.29 is 19.4 Å². The minimum atomic E-state index is -0.737. The molecule has 42 heavy (non-hydrogen) atoms. The first kappa shape index (κ1) is 35.8. The Morgan fingerprint density at radius 2 is 0.976 bits per heavy atom. The van der Waals surface area contributed by atoms with Crippen LogP contribution in [0.4, 0.5) is 0 Å². The molecule has 0 radical (unpaired) electrons. The van der Waals surface area contributed by atoms with Crippen molar-refractivity contribution >= 4 is 5.97 Å². The normalized spacial score (nSPS) is 26.1. The molecule has 234 valence electrons. The summed E-state index contributed by atoms with van der Waals surface area (Å²) in [6, 6.07) is 0. The maximum Gasteiger partial charge on any atom is 0.309 e. The highest BCUT2D eigenvalue weighted by Gasteiger charge is 2.35. The summed E-state index contributed by atoms with van der Waals surface area (Å²) in [5.41, 5.74) is 0. The first-order chi connectivity index (χ1) is 20.8. The summed E-state index contributed by atoms with van der Waals surface area (Å²) in [4.78, 5) is 11.8. The van der Waals surface area contributed by atoms with Gasteiger partial charge in [0.2, 0.25) is 0 Å². The highest BCUT2D eigenvalue weighted by Crippen LogP contribution is 2.30. The van der Waals surface area contributed by atoms with Crippen molar-refractivity contribution in [3.8, 4) is 0 Å². The second-order valence-electron chi connectivity index (χ2n) is 11.6. The number of carbonyl (C=O) groups is 1. The van der Waals surface area contributed by atoms with E-state index in [2.05, 4.69) is 30.4 Å². The van der Waals surface area contributed by atoms with Crippen molar-refractivity contribution in [1.82, 2.24) is 0 Å². The summed E-state index contributed by atoms with van der Waals surface area (Å²) in [5, 5.41) is 9.67. The van der Waals surface area contributed by atoms with Gasteiger partial charge in [-0.2, -0.15) is 0 Å². The number of aliphatic carboxylic acids is 1. The van der Waals surface area contributed by atoms with Gasteiger partial charge in [0.25, 0.3) is 0 Å². The zero-order valence-corrected chi connectivity index (χ0v) is 26.1. The highest BCUT2D eigenvalue weighted by molar-refractivity contribution is 5.70. The third-order valence-electron chi connectivity index (χ3n) is 8.04. The van der Waals surface area contributed by atoms with Crippen molar-refractivity contribution in [3.05, 3.63) is 85.1 Å². The van der Waals surface area contributed by atoms with Gasteiger partial charge in [0.1, 0.15) is 0 Å². The summed E-state index contributed by atoms with van der Waals surface area (Å²) in [7, 11) is 0. The summed E-state index contributed by atoms with van der Waals surface area (Å²) in [6.07, 6.45) is 49.7. The zero-order valence-electron chi connectivity index (χ0n) is 26.1. The molecular formula is C38H58O4. The van der Waals surface area contributed by atoms with Gasteiger partial charge in [0.15, 0.2) is 0 Å². The van der Waals surface area contributed by atoms with Crippen LogP contribution in [-0.4, -0.2) is 36.5 Å². The van der Waals surface area contributed by atoms with Gasteiger partial charge in [-0.05, 0) is 51.4 Å². The fourth-order valence-corrected chi connectivity index (χ4v) is 5.53. The van der Waals surface area contributed by atoms with Gasteiger partial charge in [0, 0.05) is 13.2 Å². The molecule has 2 aliphatic rings. The molecule has 1 fully saturated rings. The van der Waals surface area contributed by atoms with E-state index in [1.54, 1.807) is 0 Å². The van der Waals surface area contributed by atoms with E-state index in [1.165, 1.54) is 77.0 Å². The number of hydrogen-bond acceptors (Lipinski definition) is 3. The van der Waals surface area contributed by atoms with E-state index in [4.69, 9.17) is 9.47 Å². The third-order valence-corrected chi connectivity index (χ3v) is 8.04. The van der Waals surface area contributed by atoms with Gasteiger partial charge in [-0.15, -0.1) is 0 Å². The van der Waals surface area contributed by atoms with Crippen molar-refractivity contribution in [2.45, 2.75) is 128 Å². The lowest BCUT2D eigenvalue weighted by molar-refractivity contribution is -0.158. The molecule has 0 aliphatic carbocycles. The minimum absolute atomic E-state index is 0.104. The predicted molar refractivity (Wildman–Crippen MR) is 178 cm³/mol. The molecular weight excluding hydrogens is 520 g/mol. The van der Waals surface area contributed by atoms with Gasteiger partial charge in [-0.25, -0.2) is 0 Å². The van der Waals surface area contributed by atoms with E-state index < -0.39 is 11.9 Å². The van der Waals surface area contributed by atoms with E-state index >= 15 is 0 Å². The monoisotopic (exact) mass is 578 g/mol. The number of hydrogen-bond donors (Lipinski definition) is 1. The van der Waals surface area contributed by atoms with Crippen molar-refractivity contribution in [2.24, 2.45) is 5.92 Å². The van der Waals surface area contributed by atoms with Gasteiger partial charge < -0.3 is 14.6 Å². The Morgan fingerprint density at radius 1 is 0.500 bits per heavy atom. The Bertz CT molecular complexity index is 876. The van der Waals surface area contributed by atoms with Gasteiger partial charge >= 0.3 is 5.97 Å². The quantitative estimate of drug-likeness (QED) is 0.336. The Morgan fingerprint density at radius 3 is 1.52 bits per heavy atom. The molecule has 2 rings (SSSR count). The van der Waals surface area contributed by atoms with Crippen LogP contribution in [0.25, 0.3) is 0 Å². The molecule has 2 bridgehead atoms. The van der Waals surface area contributed by atoms with Gasteiger partial charge in [-0.1, -0.05) is 149 Å². The Kier molecular flexibility index (Phi) is 22.3. The number of allylic oxidation sites excluding steroid dienone is 14. The lowest BCUT2D eigenvalue weighted by Gasteiger charge is -2.34. The van der Waals surface area contributed by atoms with E-state index in [0.29, 0.717) is 13.0 Å². The largest absolute Gasteiger partial charge is 0.481 e. The SMILES string of the molecule is O=C(O)C1CCC2CCOCCCCCCCCCCCCCCC=CC=CC=CC=CC=CC=CC=CCCC1O2. The summed E-state index contributed by atoms with van der Waals surface area (Å²) < 4.78 is 12.2. The zero-order chi connectivity index (χ0) is 29.8. The molecule has 0 saturated carbocycles.